The number of hydrogen-bond donors (Lipinski definition) is 2. The average molecular weight is 520 g/mol. The maximum absolute atomic E-state index is 12.1. The van der Waals surface area contributed by atoms with Crippen LogP contribution in [-0.2, 0) is 4.79 Å². The van der Waals surface area contributed by atoms with Crippen LogP contribution in [0, 0.1) is 6.92 Å². The van der Waals surface area contributed by atoms with E-state index in [0.717, 1.165) is 57.3 Å². The lowest BCUT2D eigenvalue weighted by Crippen LogP contribution is -2.48. The minimum atomic E-state index is -0.0581. The van der Waals surface area contributed by atoms with Crippen molar-refractivity contribution in [2.75, 3.05) is 51.3 Å². The first kappa shape index (κ1) is 25.0. The first-order valence-electron chi connectivity index (χ1n) is 12.4. The first-order chi connectivity index (χ1) is 18.0. The maximum Gasteiger partial charge on any atom is 0.318 e. The van der Waals surface area contributed by atoms with Gasteiger partial charge in [0.1, 0.15) is 5.82 Å². The summed E-state index contributed by atoms with van der Waals surface area (Å²) in [5, 5.41) is 12.8. The van der Waals surface area contributed by atoms with Gasteiger partial charge in [0.2, 0.25) is 5.91 Å². The molecule has 1 aliphatic rings. The summed E-state index contributed by atoms with van der Waals surface area (Å²) in [6, 6.07) is 8.35. The number of fused-ring (bicyclic) bond motifs is 2. The number of nitrogens with one attached hydrogen (secondary N) is 2. The van der Waals surface area contributed by atoms with Crippen molar-refractivity contribution in [2.24, 2.45) is 0 Å². The first-order valence-corrected chi connectivity index (χ1v) is 12.8. The second-order valence-electron chi connectivity index (χ2n) is 9.09. The SMILES string of the molecule is C=CC(=O)N1CCN(c2nc(OCCCNC)nc3cc(-c4c(C)ccc5[nH]ncc45)c(Cl)cc23)CC1. The zero-order chi connectivity index (χ0) is 25.9. The average Bonchev–Trinajstić information content (AvgIpc) is 3.39. The third-order valence-electron chi connectivity index (χ3n) is 6.71. The molecule has 192 valence electrons. The number of ether oxygens (including phenoxy) is 1. The number of benzene rings is 2. The largest absolute Gasteiger partial charge is 0.463 e. The van der Waals surface area contributed by atoms with Crippen LogP contribution in [0.4, 0.5) is 5.82 Å². The normalized spacial score (nSPS) is 13.9. The fraction of sp³-hybridized carbons (Fsp3) is 0.333. The van der Waals surface area contributed by atoms with Gasteiger partial charge < -0.3 is 19.9 Å². The fourth-order valence-corrected chi connectivity index (χ4v) is 5.03. The molecule has 1 amide bonds. The Kier molecular flexibility index (Phi) is 7.25. The number of rotatable bonds is 8. The van der Waals surface area contributed by atoms with Crippen LogP contribution in [-0.4, -0.2) is 77.4 Å². The third-order valence-corrected chi connectivity index (χ3v) is 7.03. The van der Waals surface area contributed by atoms with Crippen LogP contribution in [0.2, 0.25) is 5.02 Å². The summed E-state index contributed by atoms with van der Waals surface area (Å²) in [5.74, 6) is 0.697. The number of aromatic amines is 1. The molecule has 10 heteroatoms. The molecular weight excluding hydrogens is 490 g/mol. The molecule has 0 bridgehead atoms. The van der Waals surface area contributed by atoms with Crippen molar-refractivity contribution in [3.05, 3.63) is 53.7 Å². The Morgan fingerprint density at radius 2 is 2.03 bits per heavy atom. The van der Waals surface area contributed by atoms with Crippen LogP contribution >= 0.6 is 11.6 Å². The van der Waals surface area contributed by atoms with Crippen LogP contribution in [0.1, 0.15) is 12.0 Å². The second-order valence-corrected chi connectivity index (χ2v) is 9.50. The highest BCUT2D eigenvalue weighted by molar-refractivity contribution is 6.35. The van der Waals surface area contributed by atoms with Gasteiger partial charge in [0.15, 0.2) is 0 Å². The van der Waals surface area contributed by atoms with E-state index in [1.54, 1.807) is 4.90 Å². The molecule has 0 aliphatic carbocycles. The van der Waals surface area contributed by atoms with E-state index in [4.69, 9.17) is 26.3 Å². The summed E-state index contributed by atoms with van der Waals surface area (Å²) in [4.78, 5) is 25.6. The van der Waals surface area contributed by atoms with Gasteiger partial charge in [-0.15, -0.1) is 0 Å². The number of halogens is 1. The molecule has 3 heterocycles. The van der Waals surface area contributed by atoms with E-state index in [0.29, 0.717) is 43.8 Å². The lowest BCUT2D eigenvalue weighted by atomic mass is 9.96. The van der Waals surface area contributed by atoms with Crippen molar-refractivity contribution < 1.29 is 9.53 Å². The van der Waals surface area contributed by atoms with Crippen LogP contribution in [0.5, 0.6) is 6.01 Å². The van der Waals surface area contributed by atoms with Gasteiger partial charge in [-0.25, -0.2) is 0 Å². The topological polar surface area (TPSA) is 99.3 Å². The molecule has 0 radical (unpaired) electrons. The molecule has 1 fully saturated rings. The van der Waals surface area contributed by atoms with E-state index in [9.17, 15) is 4.79 Å². The predicted molar refractivity (Wildman–Crippen MR) is 147 cm³/mol. The predicted octanol–water partition coefficient (Wildman–Crippen LogP) is 3.96. The van der Waals surface area contributed by atoms with Gasteiger partial charge in [-0.05, 0) is 62.3 Å². The lowest BCUT2D eigenvalue weighted by Gasteiger charge is -2.35. The zero-order valence-corrected chi connectivity index (χ0v) is 21.8. The third kappa shape index (κ3) is 4.97. The van der Waals surface area contributed by atoms with E-state index in [-0.39, 0.29) is 5.91 Å². The zero-order valence-electron chi connectivity index (χ0n) is 21.1. The molecule has 5 rings (SSSR count). The molecule has 37 heavy (non-hydrogen) atoms. The minimum Gasteiger partial charge on any atom is -0.463 e. The Balaban J connectivity index is 1.59. The van der Waals surface area contributed by atoms with Gasteiger partial charge in [-0.1, -0.05) is 24.2 Å². The number of hydrogen-bond acceptors (Lipinski definition) is 7. The summed E-state index contributed by atoms with van der Waals surface area (Å²) in [6.45, 7) is 9.45. The Morgan fingerprint density at radius 3 is 2.78 bits per heavy atom. The maximum atomic E-state index is 12.1. The van der Waals surface area contributed by atoms with E-state index >= 15 is 0 Å². The molecule has 2 aromatic heterocycles. The highest BCUT2D eigenvalue weighted by Crippen LogP contribution is 2.40. The Bertz CT molecular complexity index is 1460. The second kappa shape index (κ2) is 10.7. The van der Waals surface area contributed by atoms with Crippen molar-refractivity contribution in [3.63, 3.8) is 0 Å². The molecule has 9 nitrogen and oxygen atoms in total. The highest BCUT2D eigenvalue weighted by atomic mass is 35.5. The van der Waals surface area contributed by atoms with E-state index < -0.39 is 0 Å². The van der Waals surface area contributed by atoms with Gasteiger partial charge in [-0.3, -0.25) is 9.89 Å². The summed E-state index contributed by atoms with van der Waals surface area (Å²) in [5.41, 5.74) is 4.69. The Hall–Kier alpha value is -3.69. The summed E-state index contributed by atoms with van der Waals surface area (Å²) < 4.78 is 5.97. The Labute approximate surface area is 220 Å². The molecule has 2 aromatic carbocycles. The van der Waals surface area contributed by atoms with Crippen LogP contribution in [0.15, 0.2) is 43.1 Å². The van der Waals surface area contributed by atoms with E-state index in [1.807, 2.05) is 31.4 Å². The number of aryl methyl sites for hydroxylation is 1. The molecule has 0 atom stereocenters. The number of nitrogens with zero attached hydrogens (tertiary/aromatic N) is 5. The number of amides is 1. The fourth-order valence-electron chi connectivity index (χ4n) is 4.77. The van der Waals surface area contributed by atoms with Crippen LogP contribution in [0.25, 0.3) is 32.9 Å². The number of carbonyl (C=O) groups is 1. The van der Waals surface area contributed by atoms with Gasteiger partial charge in [0, 0.05) is 47.5 Å². The van der Waals surface area contributed by atoms with Gasteiger partial charge in [0.25, 0.3) is 0 Å². The molecule has 0 saturated carbocycles. The number of aromatic nitrogens is 4. The molecule has 0 spiro atoms. The molecule has 0 unspecified atom stereocenters. The van der Waals surface area contributed by atoms with Crippen LogP contribution < -0.4 is 15.0 Å². The smallest absolute Gasteiger partial charge is 0.318 e. The van der Waals surface area contributed by atoms with Crippen LogP contribution in [0.3, 0.4) is 0 Å². The monoisotopic (exact) mass is 519 g/mol. The summed E-state index contributed by atoms with van der Waals surface area (Å²) >= 11 is 6.92. The molecule has 1 saturated heterocycles. The van der Waals surface area contributed by atoms with Crippen molar-refractivity contribution in [3.8, 4) is 17.1 Å². The molecule has 4 aromatic rings. The number of carbonyl (C=O) groups excluding carboxylic acids is 1. The molecule has 1 aliphatic heterocycles. The number of piperazine rings is 1. The quantitative estimate of drug-likeness (QED) is 0.268. The van der Waals surface area contributed by atoms with E-state index in [1.165, 1.54) is 6.08 Å². The van der Waals surface area contributed by atoms with Gasteiger partial charge in [-0.2, -0.15) is 15.1 Å². The standard InChI is InChI=1S/C27H30ClN7O2/c1-4-24(36)34-9-11-35(12-10-34)26-19-14-21(28)18(25-17(2)6-7-22-20(25)16-30-33-22)15-23(19)31-27(32-26)37-13-5-8-29-3/h4,6-7,14-16,29H,1,5,8-13H2,2-3H3,(H,30,33). The molecule has 2 N–H and O–H groups in total. The highest BCUT2D eigenvalue weighted by Gasteiger charge is 2.24. The number of anilines is 1. The van der Waals surface area contributed by atoms with Crippen molar-refractivity contribution in [1.29, 1.82) is 0 Å². The molecular formula is C27H30ClN7O2. The summed E-state index contributed by atoms with van der Waals surface area (Å²) in [7, 11) is 1.91. The van der Waals surface area contributed by atoms with Crippen molar-refractivity contribution >= 4 is 45.1 Å². The minimum absolute atomic E-state index is 0.0581. The summed E-state index contributed by atoms with van der Waals surface area (Å²) in [6.07, 6.45) is 4.02. The lowest BCUT2D eigenvalue weighted by molar-refractivity contribution is -0.126. The van der Waals surface area contributed by atoms with E-state index in [2.05, 4.69) is 40.0 Å². The van der Waals surface area contributed by atoms with Crippen molar-refractivity contribution in [2.45, 2.75) is 13.3 Å². The van der Waals surface area contributed by atoms with Gasteiger partial charge in [0.05, 0.1) is 23.8 Å². The van der Waals surface area contributed by atoms with Crippen molar-refractivity contribution in [1.82, 2.24) is 30.4 Å². The number of H-pyrrole nitrogens is 1. The Morgan fingerprint density at radius 1 is 1.22 bits per heavy atom. The van der Waals surface area contributed by atoms with Gasteiger partial charge >= 0.3 is 6.01 Å².